The van der Waals surface area contributed by atoms with E-state index in [1.807, 2.05) is 43.0 Å². The number of nitrogens with one attached hydrogen (secondary N) is 1. The molecule has 0 aliphatic carbocycles. The number of ether oxygens (including phenoxy) is 2. The molecule has 0 radical (unpaired) electrons. The Bertz CT molecular complexity index is 644. The van der Waals surface area contributed by atoms with Gasteiger partial charge in [-0.15, -0.1) is 11.3 Å². The monoisotopic (exact) mass is 402 g/mol. The van der Waals surface area contributed by atoms with Crippen molar-refractivity contribution in [2.45, 2.75) is 0 Å². The summed E-state index contributed by atoms with van der Waals surface area (Å²) < 4.78 is 11.7. The second-order valence-corrected chi connectivity index (χ2v) is 5.94. The Kier molecular flexibility index (Phi) is 8.36. The summed E-state index contributed by atoms with van der Waals surface area (Å²) >= 11 is 4.37. The van der Waals surface area contributed by atoms with Crippen LogP contribution in [-0.2, 0) is 0 Å². The first-order chi connectivity index (χ1) is 11.1. The predicted molar refractivity (Wildman–Crippen MR) is 101 cm³/mol. The van der Waals surface area contributed by atoms with Crippen molar-refractivity contribution in [1.82, 2.24) is 10.2 Å². The van der Waals surface area contributed by atoms with E-state index in [4.69, 9.17) is 9.47 Å². The van der Waals surface area contributed by atoms with Crippen LogP contribution in [0.15, 0.2) is 18.2 Å². The normalized spacial score (nSPS) is 10.2. The van der Waals surface area contributed by atoms with Gasteiger partial charge in [-0.05, 0) is 38.1 Å². The van der Waals surface area contributed by atoms with Crippen LogP contribution >= 0.6 is 27.3 Å². The molecule has 0 saturated heterocycles. The Morgan fingerprint density at radius 2 is 1.96 bits per heavy atom. The lowest BCUT2D eigenvalue weighted by molar-refractivity contribution is 0.0952. The number of rotatable bonds is 6. The lowest BCUT2D eigenvalue weighted by Crippen LogP contribution is -2.31. The molecule has 1 amide bonds. The van der Waals surface area contributed by atoms with E-state index in [0.29, 0.717) is 17.2 Å². The molecule has 2 aromatic rings. The number of amides is 1. The smallest absolute Gasteiger partial charge is 0.265 e. The largest absolute Gasteiger partial charge is 0.497 e. The highest BCUT2D eigenvalue weighted by Crippen LogP contribution is 2.39. The van der Waals surface area contributed by atoms with E-state index in [2.05, 4.69) is 21.2 Å². The van der Waals surface area contributed by atoms with Gasteiger partial charge in [0.15, 0.2) is 0 Å². The zero-order valence-corrected chi connectivity index (χ0v) is 16.5. The SMILES string of the molecule is CBr.COc1ccc2sc(C(=O)NCCN(C)C)c(OC)c2c1. The minimum absolute atomic E-state index is 0.103. The summed E-state index contributed by atoms with van der Waals surface area (Å²) in [6.07, 6.45) is 0. The fourth-order valence-corrected chi connectivity index (χ4v) is 3.07. The Labute approximate surface area is 149 Å². The number of methoxy groups -OCH3 is 2. The van der Waals surface area contributed by atoms with Gasteiger partial charge in [-0.1, -0.05) is 15.9 Å². The van der Waals surface area contributed by atoms with Gasteiger partial charge in [-0.25, -0.2) is 0 Å². The molecule has 1 aromatic carbocycles. The first-order valence-electron chi connectivity index (χ1n) is 7.02. The van der Waals surface area contributed by atoms with Crippen LogP contribution < -0.4 is 14.8 Å². The molecule has 0 bridgehead atoms. The Hall–Kier alpha value is -1.31. The number of likely N-dealkylation sites (N-methyl/N-ethyl adjacent to an activating group) is 1. The van der Waals surface area contributed by atoms with Crippen LogP contribution in [-0.4, -0.2) is 58.0 Å². The van der Waals surface area contributed by atoms with E-state index in [1.54, 1.807) is 14.2 Å². The number of fused-ring (bicyclic) bond motifs is 1. The fourth-order valence-electron chi connectivity index (χ4n) is 2.01. The minimum atomic E-state index is -0.103. The molecule has 0 saturated carbocycles. The average Bonchev–Trinajstić information content (AvgIpc) is 2.93. The highest BCUT2D eigenvalue weighted by molar-refractivity contribution is 9.08. The molecule has 5 nitrogen and oxygen atoms in total. The summed E-state index contributed by atoms with van der Waals surface area (Å²) in [5.41, 5.74) is 0. The zero-order chi connectivity index (χ0) is 17.4. The quantitative estimate of drug-likeness (QED) is 0.753. The van der Waals surface area contributed by atoms with Crippen LogP contribution in [0, 0.1) is 0 Å². The molecule has 1 aromatic heterocycles. The second-order valence-electron chi connectivity index (χ2n) is 4.89. The first kappa shape index (κ1) is 19.7. The molecule has 0 aliphatic heterocycles. The molecule has 2 rings (SSSR count). The van der Waals surface area contributed by atoms with Crippen LogP contribution in [0.5, 0.6) is 11.5 Å². The maximum absolute atomic E-state index is 12.3. The molecule has 23 heavy (non-hydrogen) atoms. The van der Waals surface area contributed by atoms with Crippen molar-refractivity contribution >= 4 is 43.3 Å². The van der Waals surface area contributed by atoms with E-state index >= 15 is 0 Å². The maximum atomic E-state index is 12.3. The minimum Gasteiger partial charge on any atom is -0.497 e. The predicted octanol–water partition coefficient (Wildman–Crippen LogP) is 3.22. The fraction of sp³-hybridized carbons (Fsp3) is 0.438. The van der Waals surface area contributed by atoms with Crippen molar-refractivity contribution in [2.24, 2.45) is 0 Å². The number of halogens is 1. The van der Waals surface area contributed by atoms with Crippen molar-refractivity contribution in [2.75, 3.05) is 47.2 Å². The third-order valence-electron chi connectivity index (χ3n) is 3.10. The number of hydrogen-bond donors (Lipinski definition) is 1. The third-order valence-corrected chi connectivity index (χ3v) is 4.26. The first-order valence-corrected chi connectivity index (χ1v) is 9.42. The van der Waals surface area contributed by atoms with Gasteiger partial charge in [0.25, 0.3) is 5.91 Å². The van der Waals surface area contributed by atoms with Gasteiger partial charge in [0.05, 0.1) is 14.2 Å². The molecular weight excluding hydrogens is 380 g/mol. The van der Waals surface area contributed by atoms with Crippen molar-refractivity contribution < 1.29 is 14.3 Å². The number of carbonyl (C=O) groups excluding carboxylic acids is 1. The Morgan fingerprint density at radius 1 is 1.26 bits per heavy atom. The molecule has 128 valence electrons. The van der Waals surface area contributed by atoms with Gasteiger partial charge in [0.1, 0.15) is 16.4 Å². The van der Waals surface area contributed by atoms with Crippen LogP contribution in [0.25, 0.3) is 10.1 Å². The molecule has 0 fully saturated rings. The van der Waals surface area contributed by atoms with Gasteiger partial charge in [-0.3, -0.25) is 4.79 Å². The molecule has 1 heterocycles. The Balaban J connectivity index is 0.00000127. The number of benzene rings is 1. The average molecular weight is 403 g/mol. The summed E-state index contributed by atoms with van der Waals surface area (Å²) in [7, 11) is 7.14. The number of alkyl halides is 1. The lowest BCUT2D eigenvalue weighted by atomic mass is 10.2. The zero-order valence-electron chi connectivity index (χ0n) is 14.1. The van der Waals surface area contributed by atoms with Crippen LogP contribution in [0.3, 0.4) is 0 Å². The highest BCUT2D eigenvalue weighted by atomic mass is 79.9. The molecule has 0 atom stereocenters. The Morgan fingerprint density at radius 3 is 2.52 bits per heavy atom. The van der Waals surface area contributed by atoms with E-state index in [9.17, 15) is 4.79 Å². The molecule has 0 aliphatic rings. The van der Waals surface area contributed by atoms with Gasteiger partial charge in [-0.2, -0.15) is 0 Å². The van der Waals surface area contributed by atoms with Crippen LogP contribution in [0.2, 0.25) is 0 Å². The van der Waals surface area contributed by atoms with E-state index in [1.165, 1.54) is 11.3 Å². The number of hydrogen-bond acceptors (Lipinski definition) is 5. The molecule has 1 N–H and O–H groups in total. The molecule has 0 unspecified atom stereocenters. The standard InChI is InChI=1S/C15H20N2O3S.CH3Br/c1-17(2)8-7-16-15(18)14-13(20-4)11-9-10(19-3)5-6-12(11)21-14;1-2/h5-6,9H,7-8H2,1-4H3,(H,16,18);1H3. The van der Waals surface area contributed by atoms with E-state index in [-0.39, 0.29) is 5.91 Å². The summed E-state index contributed by atoms with van der Waals surface area (Å²) in [4.78, 5) is 14.9. The summed E-state index contributed by atoms with van der Waals surface area (Å²) in [5, 5.41) is 3.82. The van der Waals surface area contributed by atoms with E-state index < -0.39 is 0 Å². The van der Waals surface area contributed by atoms with Gasteiger partial charge in [0, 0.05) is 23.2 Å². The number of nitrogens with zero attached hydrogens (tertiary/aromatic N) is 1. The van der Waals surface area contributed by atoms with Crippen molar-refractivity contribution in [3.8, 4) is 11.5 Å². The third kappa shape index (κ3) is 5.09. The van der Waals surface area contributed by atoms with Gasteiger partial charge in [0.2, 0.25) is 0 Å². The highest BCUT2D eigenvalue weighted by Gasteiger charge is 2.19. The number of thiophene rings is 1. The summed E-state index contributed by atoms with van der Waals surface area (Å²) in [5.74, 6) is 3.07. The van der Waals surface area contributed by atoms with Crippen molar-refractivity contribution in [1.29, 1.82) is 0 Å². The molecule has 7 heteroatoms. The summed E-state index contributed by atoms with van der Waals surface area (Å²) in [6.45, 7) is 1.40. The van der Waals surface area contributed by atoms with Crippen LogP contribution in [0.1, 0.15) is 9.67 Å². The maximum Gasteiger partial charge on any atom is 0.265 e. The van der Waals surface area contributed by atoms with Crippen molar-refractivity contribution in [3.63, 3.8) is 0 Å². The van der Waals surface area contributed by atoms with Gasteiger partial charge >= 0.3 is 0 Å². The lowest BCUT2D eigenvalue weighted by Gasteiger charge is -2.10. The van der Waals surface area contributed by atoms with Crippen molar-refractivity contribution in [3.05, 3.63) is 23.1 Å². The summed E-state index contributed by atoms with van der Waals surface area (Å²) in [6, 6.07) is 5.71. The van der Waals surface area contributed by atoms with Crippen LogP contribution in [0.4, 0.5) is 0 Å². The molecular formula is C16H23BrN2O3S. The van der Waals surface area contributed by atoms with E-state index in [0.717, 1.165) is 22.4 Å². The second kappa shape index (κ2) is 9.75. The topological polar surface area (TPSA) is 50.8 Å². The van der Waals surface area contributed by atoms with Gasteiger partial charge < -0.3 is 19.7 Å². The molecule has 0 spiro atoms. The number of carbonyl (C=O) groups is 1.